The summed E-state index contributed by atoms with van der Waals surface area (Å²) in [4.78, 5) is 12.0. The fourth-order valence-corrected chi connectivity index (χ4v) is 2.58. The van der Waals surface area contributed by atoms with E-state index in [4.69, 9.17) is 9.47 Å². The lowest BCUT2D eigenvalue weighted by Gasteiger charge is -2.32. The van der Waals surface area contributed by atoms with Gasteiger partial charge < -0.3 is 19.3 Å². The molecule has 0 N–H and O–H groups in total. The molecule has 2 aromatic rings. The molecule has 0 unspecified atom stereocenters. The molecule has 2 aromatic heterocycles. The number of tetrazole rings is 1. The summed E-state index contributed by atoms with van der Waals surface area (Å²) < 4.78 is 26.3. The van der Waals surface area contributed by atoms with Crippen LogP contribution in [-0.4, -0.2) is 77.7 Å². The summed E-state index contributed by atoms with van der Waals surface area (Å²) in [7, 11) is 5.10. The van der Waals surface area contributed by atoms with Crippen LogP contribution in [0.3, 0.4) is 0 Å². The maximum Gasteiger partial charge on any atom is 0.227 e. The SMILES string of the molecule is COCCn1nnnc1[C@@H]1CN(c2ncc(F)c(N(C)C)n2)CCO1. The van der Waals surface area contributed by atoms with Crippen molar-refractivity contribution in [2.45, 2.75) is 12.6 Å². The Balaban J connectivity index is 1.78. The highest BCUT2D eigenvalue weighted by molar-refractivity contribution is 5.44. The molecule has 1 aliphatic rings. The molecule has 1 fully saturated rings. The number of hydrogen-bond donors (Lipinski definition) is 0. The monoisotopic (exact) mass is 352 g/mol. The van der Waals surface area contributed by atoms with Crippen LogP contribution in [-0.2, 0) is 16.0 Å². The number of halogens is 1. The Labute approximate surface area is 144 Å². The zero-order chi connectivity index (χ0) is 17.8. The van der Waals surface area contributed by atoms with Gasteiger partial charge in [-0.2, -0.15) is 4.98 Å². The van der Waals surface area contributed by atoms with Crippen LogP contribution in [0.5, 0.6) is 0 Å². The average molecular weight is 352 g/mol. The molecule has 136 valence electrons. The number of anilines is 2. The van der Waals surface area contributed by atoms with E-state index in [1.807, 2.05) is 4.90 Å². The van der Waals surface area contributed by atoms with Gasteiger partial charge in [-0.25, -0.2) is 14.1 Å². The Hall–Kier alpha value is -2.40. The summed E-state index contributed by atoms with van der Waals surface area (Å²) >= 11 is 0. The van der Waals surface area contributed by atoms with Gasteiger partial charge in [-0.15, -0.1) is 5.10 Å². The molecular weight excluding hydrogens is 331 g/mol. The molecule has 3 rings (SSSR count). The van der Waals surface area contributed by atoms with E-state index in [-0.39, 0.29) is 11.9 Å². The van der Waals surface area contributed by atoms with Gasteiger partial charge in [0.2, 0.25) is 5.95 Å². The highest BCUT2D eigenvalue weighted by Gasteiger charge is 2.28. The van der Waals surface area contributed by atoms with Crippen molar-refractivity contribution in [2.24, 2.45) is 0 Å². The minimum atomic E-state index is -0.456. The second-order valence-electron chi connectivity index (χ2n) is 5.79. The fraction of sp³-hybridized carbons (Fsp3) is 0.643. The van der Waals surface area contributed by atoms with E-state index in [0.29, 0.717) is 44.6 Å². The zero-order valence-corrected chi connectivity index (χ0v) is 14.5. The Morgan fingerprint density at radius 1 is 1.44 bits per heavy atom. The van der Waals surface area contributed by atoms with Crippen LogP contribution >= 0.6 is 0 Å². The largest absolute Gasteiger partial charge is 0.383 e. The number of aromatic nitrogens is 6. The first kappa shape index (κ1) is 17.4. The minimum Gasteiger partial charge on any atom is -0.383 e. The molecular formula is C14H21FN8O2. The van der Waals surface area contributed by atoms with Crippen molar-refractivity contribution in [2.75, 3.05) is 57.3 Å². The van der Waals surface area contributed by atoms with E-state index >= 15 is 0 Å². The van der Waals surface area contributed by atoms with Gasteiger partial charge in [-0.1, -0.05) is 0 Å². The molecule has 3 heterocycles. The van der Waals surface area contributed by atoms with Crippen molar-refractivity contribution >= 4 is 11.8 Å². The average Bonchev–Trinajstić information content (AvgIpc) is 3.08. The second-order valence-corrected chi connectivity index (χ2v) is 5.79. The van der Waals surface area contributed by atoms with E-state index in [1.165, 1.54) is 6.20 Å². The lowest BCUT2D eigenvalue weighted by Crippen LogP contribution is -2.40. The Morgan fingerprint density at radius 2 is 2.28 bits per heavy atom. The maximum atomic E-state index is 13.8. The highest BCUT2D eigenvalue weighted by atomic mass is 19.1. The highest BCUT2D eigenvalue weighted by Crippen LogP contribution is 2.24. The Kier molecular flexibility index (Phi) is 5.34. The third kappa shape index (κ3) is 3.82. The lowest BCUT2D eigenvalue weighted by molar-refractivity contribution is 0.0294. The summed E-state index contributed by atoms with van der Waals surface area (Å²) in [6.07, 6.45) is 0.863. The molecule has 0 radical (unpaired) electrons. The van der Waals surface area contributed by atoms with Gasteiger partial charge in [-0.05, 0) is 10.4 Å². The number of rotatable bonds is 6. The maximum absolute atomic E-state index is 13.8. The number of ether oxygens (including phenoxy) is 2. The van der Waals surface area contributed by atoms with Gasteiger partial charge >= 0.3 is 0 Å². The first-order valence-electron chi connectivity index (χ1n) is 7.91. The van der Waals surface area contributed by atoms with Gasteiger partial charge in [0.25, 0.3) is 0 Å². The van der Waals surface area contributed by atoms with E-state index in [0.717, 1.165) is 0 Å². The van der Waals surface area contributed by atoms with Crippen molar-refractivity contribution in [3.8, 4) is 0 Å². The number of morpholine rings is 1. The summed E-state index contributed by atoms with van der Waals surface area (Å²) in [6.45, 7) is 2.60. The summed E-state index contributed by atoms with van der Waals surface area (Å²) in [5, 5.41) is 11.7. The minimum absolute atomic E-state index is 0.248. The number of hydrogen-bond acceptors (Lipinski definition) is 9. The van der Waals surface area contributed by atoms with Crippen LogP contribution < -0.4 is 9.80 Å². The van der Waals surface area contributed by atoms with Crippen LogP contribution in [0, 0.1) is 5.82 Å². The van der Waals surface area contributed by atoms with Gasteiger partial charge in [-0.3, -0.25) is 0 Å². The molecule has 0 saturated carbocycles. The normalized spacial score (nSPS) is 17.8. The Morgan fingerprint density at radius 3 is 3.04 bits per heavy atom. The molecule has 0 spiro atoms. The smallest absolute Gasteiger partial charge is 0.227 e. The standard InChI is InChI=1S/C14H21FN8O2/c1-21(2)12-10(15)8-16-14(17-12)22-4-7-25-11(9-22)13-18-19-20-23(13)5-6-24-3/h8,11H,4-7,9H2,1-3H3/t11-/m0/s1. The first-order chi connectivity index (χ1) is 12.1. The van der Waals surface area contributed by atoms with Crippen LogP contribution in [0.4, 0.5) is 16.2 Å². The van der Waals surface area contributed by atoms with Gasteiger partial charge in [0, 0.05) is 27.7 Å². The summed E-state index contributed by atoms with van der Waals surface area (Å²) in [5.74, 6) is 0.867. The third-order valence-corrected chi connectivity index (χ3v) is 3.84. The van der Waals surface area contributed by atoms with Crippen LogP contribution in [0.1, 0.15) is 11.9 Å². The zero-order valence-electron chi connectivity index (χ0n) is 14.5. The van der Waals surface area contributed by atoms with E-state index in [2.05, 4.69) is 25.5 Å². The van der Waals surface area contributed by atoms with Crippen molar-refractivity contribution in [3.05, 3.63) is 17.8 Å². The predicted octanol–water partition coefficient (Wildman–Crippen LogP) is -0.107. The third-order valence-electron chi connectivity index (χ3n) is 3.84. The van der Waals surface area contributed by atoms with Crippen molar-refractivity contribution in [1.82, 2.24) is 30.2 Å². The van der Waals surface area contributed by atoms with Gasteiger partial charge in [0.05, 0.1) is 32.5 Å². The fourth-order valence-electron chi connectivity index (χ4n) is 2.58. The molecule has 0 aliphatic carbocycles. The van der Waals surface area contributed by atoms with Gasteiger partial charge in [0.1, 0.15) is 6.10 Å². The molecule has 0 aromatic carbocycles. The topological polar surface area (TPSA) is 94.3 Å². The molecule has 0 bridgehead atoms. The van der Waals surface area contributed by atoms with Crippen molar-refractivity contribution in [1.29, 1.82) is 0 Å². The second kappa shape index (κ2) is 7.66. The quantitative estimate of drug-likeness (QED) is 0.706. The van der Waals surface area contributed by atoms with Crippen LogP contribution in [0.25, 0.3) is 0 Å². The number of nitrogens with zero attached hydrogens (tertiary/aromatic N) is 8. The summed E-state index contributed by atoms with van der Waals surface area (Å²) in [5.41, 5.74) is 0. The van der Waals surface area contributed by atoms with E-state index in [9.17, 15) is 4.39 Å². The van der Waals surface area contributed by atoms with Crippen LogP contribution in [0.15, 0.2) is 6.20 Å². The van der Waals surface area contributed by atoms with Crippen molar-refractivity contribution in [3.63, 3.8) is 0 Å². The molecule has 1 aliphatic heterocycles. The molecule has 0 amide bonds. The summed E-state index contributed by atoms with van der Waals surface area (Å²) in [6, 6.07) is 0. The van der Waals surface area contributed by atoms with E-state index < -0.39 is 5.82 Å². The lowest BCUT2D eigenvalue weighted by atomic mass is 10.2. The molecule has 1 saturated heterocycles. The molecule has 10 nitrogen and oxygen atoms in total. The van der Waals surface area contributed by atoms with Crippen molar-refractivity contribution < 1.29 is 13.9 Å². The molecule has 25 heavy (non-hydrogen) atoms. The molecule has 1 atom stereocenters. The molecule has 11 heteroatoms. The first-order valence-corrected chi connectivity index (χ1v) is 7.91. The van der Waals surface area contributed by atoms with E-state index in [1.54, 1.807) is 30.8 Å². The Bertz CT molecular complexity index is 710. The predicted molar refractivity (Wildman–Crippen MR) is 86.9 cm³/mol. The van der Waals surface area contributed by atoms with Crippen LogP contribution in [0.2, 0.25) is 0 Å². The number of methoxy groups -OCH3 is 1. The van der Waals surface area contributed by atoms with Gasteiger partial charge in [0.15, 0.2) is 17.5 Å².